The van der Waals surface area contributed by atoms with E-state index in [0.717, 1.165) is 5.69 Å². The molecule has 0 aliphatic heterocycles. The predicted molar refractivity (Wildman–Crippen MR) is 73.4 cm³/mol. The van der Waals surface area contributed by atoms with E-state index in [1.807, 2.05) is 30.3 Å². The van der Waals surface area contributed by atoms with Crippen LogP contribution in [-0.2, 0) is 0 Å². The van der Waals surface area contributed by atoms with Crippen LogP contribution >= 0.6 is 15.9 Å². The van der Waals surface area contributed by atoms with Crippen LogP contribution in [0, 0.1) is 0 Å². The first kappa shape index (κ1) is 12.6. The number of hydrogen-bond donors (Lipinski definition) is 1. The van der Waals surface area contributed by atoms with Crippen LogP contribution in [0.5, 0.6) is 0 Å². The Morgan fingerprint density at radius 1 is 1.33 bits per heavy atom. The zero-order valence-corrected chi connectivity index (χ0v) is 11.3. The van der Waals surface area contributed by atoms with Crippen LogP contribution in [0.3, 0.4) is 0 Å². The van der Waals surface area contributed by atoms with Gasteiger partial charge in [-0.1, -0.05) is 18.2 Å². The first-order chi connectivity index (χ1) is 8.59. The third kappa shape index (κ3) is 2.51. The molecular formula is C13H11BrN2O2. The van der Waals surface area contributed by atoms with E-state index < -0.39 is 5.97 Å². The zero-order chi connectivity index (χ0) is 13.1. The summed E-state index contributed by atoms with van der Waals surface area (Å²) >= 11 is 3.23. The van der Waals surface area contributed by atoms with Gasteiger partial charge in [-0.05, 0) is 34.1 Å². The summed E-state index contributed by atoms with van der Waals surface area (Å²) in [6.07, 6.45) is 1.58. The minimum atomic E-state index is -0.999. The van der Waals surface area contributed by atoms with Gasteiger partial charge in [0.15, 0.2) is 0 Å². The molecule has 5 heteroatoms. The number of carboxylic acids is 1. The summed E-state index contributed by atoms with van der Waals surface area (Å²) in [4.78, 5) is 17.1. The fraction of sp³-hybridized carbons (Fsp3) is 0.0769. The monoisotopic (exact) mass is 306 g/mol. The van der Waals surface area contributed by atoms with Crippen molar-refractivity contribution in [1.82, 2.24) is 4.98 Å². The average molecular weight is 307 g/mol. The largest absolute Gasteiger partial charge is 0.478 e. The molecule has 0 aliphatic rings. The SMILES string of the molecule is CN(c1ccccc1)c1ncc(Br)cc1C(=O)O. The molecule has 1 N–H and O–H groups in total. The van der Waals surface area contributed by atoms with Gasteiger partial charge in [0, 0.05) is 23.4 Å². The number of rotatable bonds is 3. The summed E-state index contributed by atoms with van der Waals surface area (Å²) in [5, 5.41) is 9.20. The number of carbonyl (C=O) groups is 1. The molecule has 1 aromatic heterocycles. The number of carboxylic acid groups (broad SMARTS) is 1. The number of para-hydroxylation sites is 1. The van der Waals surface area contributed by atoms with Gasteiger partial charge >= 0.3 is 5.97 Å². The van der Waals surface area contributed by atoms with Gasteiger partial charge in [0.2, 0.25) is 0 Å². The Labute approximate surface area is 113 Å². The van der Waals surface area contributed by atoms with Crippen molar-refractivity contribution in [3.8, 4) is 0 Å². The number of halogens is 1. The van der Waals surface area contributed by atoms with Crippen molar-refractivity contribution < 1.29 is 9.90 Å². The number of nitrogens with zero attached hydrogens (tertiary/aromatic N) is 2. The van der Waals surface area contributed by atoms with Crippen molar-refractivity contribution in [2.24, 2.45) is 0 Å². The molecule has 0 bridgehead atoms. The van der Waals surface area contributed by atoms with Gasteiger partial charge in [-0.25, -0.2) is 9.78 Å². The van der Waals surface area contributed by atoms with Gasteiger partial charge in [-0.2, -0.15) is 0 Å². The molecule has 0 saturated carbocycles. The predicted octanol–water partition coefficient (Wildman–Crippen LogP) is 3.31. The second kappa shape index (κ2) is 5.18. The summed E-state index contributed by atoms with van der Waals surface area (Å²) in [6.45, 7) is 0. The van der Waals surface area contributed by atoms with E-state index in [0.29, 0.717) is 10.3 Å². The Balaban J connectivity index is 2.48. The smallest absolute Gasteiger partial charge is 0.339 e. The van der Waals surface area contributed by atoms with Crippen LogP contribution < -0.4 is 4.90 Å². The Kier molecular flexibility index (Phi) is 3.62. The molecule has 0 unspecified atom stereocenters. The highest BCUT2D eigenvalue weighted by molar-refractivity contribution is 9.10. The molecule has 0 atom stereocenters. The Morgan fingerprint density at radius 2 is 2.00 bits per heavy atom. The number of anilines is 2. The van der Waals surface area contributed by atoms with Crippen LogP contribution in [0.1, 0.15) is 10.4 Å². The molecule has 0 radical (unpaired) electrons. The van der Waals surface area contributed by atoms with Gasteiger partial charge in [0.25, 0.3) is 0 Å². The minimum absolute atomic E-state index is 0.163. The van der Waals surface area contributed by atoms with Crippen molar-refractivity contribution in [3.05, 3.63) is 52.6 Å². The molecule has 2 rings (SSSR count). The summed E-state index contributed by atoms with van der Waals surface area (Å²) in [6, 6.07) is 11.0. The average Bonchev–Trinajstić information content (AvgIpc) is 2.39. The highest BCUT2D eigenvalue weighted by Gasteiger charge is 2.16. The van der Waals surface area contributed by atoms with Gasteiger partial charge in [0.1, 0.15) is 11.4 Å². The van der Waals surface area contributed by atoms with Gasteiger partial charge < -0.3 is 10.0 Å². The molecule has 0 fully saturated rings. The van der Waals surface area contributed by atoms with E-state index in [-0.39, 0.29) is 5.56 Å². The molecule has 0 amide bonds. The number of aromatic carboxylic acids is 1. The lowest BCUT2D eigenvalue weighted by molar-refractivity contribution is 0.0697. The standard InChI is InChI=1S/C13H11BrN2O2/c1-16(10-5-3-2-4-6-10)12-11(13(17)18)7-9(14)8-15-12/h2-8H,1H3,(H,17,18). The molecule has 18 heavy (non-hydrogen) atoms. The highest BCUT2D eigenvalue weighted by Crippen LogP contribution is 2.26. The first-order valence-electron chi connectivity index (χ1n) is 5.27. The Morgan fingerprint density at radius 3 is 2.61 bits per heavy atom. The first-order valence-corrected chi connectivity index (χ1v) is 6.06. The normalized spacial score (nSPS) is 10.1. The topological polar surface area (TPSA) is 53.4 Å². The van der Waals surface area contributed by atoms with Crippen LogP contribution in [0.15, 0.2) is 47.1 Å². The van der Waals surface area contributed by atoms with Crippen LogP contribution in [0.4, 0.5) is 11.5 Å². The second-order valence-corrected chi connectivity index (χ2v) is 4.64. The van der Waals surface area contributed by atoms with Gasteiger partial charge in [-0.15, -0.1) is 0 Å². The molecule has 0 aliphatic carbocycles. The summed E-state index contributed by atoms with van der Waals surface area (Å²) in [5.41, 5.74) is 1.05. The van der Waals surface area contributed by atoms with E-state index >= 15 is 0 Å². The maximum Gasteiger partial charge on any atom is 0.339 e. The zero-order valence-electron chi connectivity index (χ0n) is 9.67. The molecule has 1 aromatic carbocycles. The molecule has 1 heterocycles. The van der Waals surface area contributed by atoms with Crippen molar-refractivity contribution in [1.29, 1.82) is 0 Å². The van der Waals surface area contributed by atoms with Crippen LogP contribution in [-0.4, -0.2) is 23.1 Å². The number of aromatic nitrogens is 1. The molecule has 0 saturated heterocycles. The number of benzene rings is 1. The van der Waals surface area contributed by atoms with Crippen molar-refractivity contribution >= 4 is 33.4 Å². The fourth-order valence-electron chi connectivity index (χ4n) is 1.63. The van der Waals surface area contributed by atoms with E-state index in [4.69, 9.17) is 0 Å². The fourth-order valence-corrected chi connectivity index (χ4v) is 1.96. The van der Waals surface area contributed by atoms with Gasteiger partial charge in [0.05, 0.1) is 0 Å². The van der Waals surface area contributed by atoms with Crippen LogP contribution in [0.25, 0.3) is 0 Å². The van der Waals surface area contributed by atoms with Crippen molar-refractivity contribution in [2.75, 3.05) is 11.9 Å². The van der Waals surface area contributed by atoms with E-state index in [1.165, 1.54) is 0 Å². The lowest BCUT2D eigenvalue weighted by Gasteiger charge is -2.20. The molecular weight excluding hydrogens is 296 g/mol. The maximum absolute atomic E-state index is 11.2. The van der Waals surface area contributed by atoms with E-state index in [2.05, 4.69) is 20.9 Å². The third-order valence-electron chi connectivity index (χ3n) is 2.52. The quantitative estimate of drug-likeness (QED) is 0.945. The Hall–Kier alpha value is -1.88. The number of hydrogen-bond acceptors (Lipinski definition) is 3. The van der Waals surface area contributed by atoms with E-state index in [9.17, 15) is 9.90 Å². The third-order valence-corrected chi connectivity index (χ3v) is 2.96. The van der Waals surface area contributed by atoms with Crippen LogP contribution in [0.2, 0.25) is 0 Å². The molecule has 0 spiro atoms. The summed E-state index contributed by atoms with van der Waals surface area (Å²) in [7, 11) is 1.79. The lowest BCUT2D eigenvalue weighted by atomic mass is 10.2. The second-order valence-electron chi connectivity index (χ2n) is 3.72. The highest BCUT2D eigenvalue weighted by atomic mass is 79.9. The number of pyridine rings is 1. The Bertz CT molecular complexity index is 572. The van der Waals surface area contributed by atoms with Crippen molar-refractivity contribution in [2.45, 2.75) is 0 Å². The van der Waals surface area contributed by atoms with Crippen molar-refractivity contribution in [3.63, 3.8) is 0 Å². The molecule has 2 aromatic rings. The summed E-state index contributed by atoms with van der Waals surface area (Å²) in [5.74, 6) is -0.585. The molecule has 4 nitrogen and oxygen atoms in total. The van der Waals surface area contributed by atoms with Gasteiger partial charge in [-0.3, -0.25) is 0 Å². The van der Waals surface area contributed by atoms with E-state index in [1.54, 1.807) is 24.2 Å². The lowest BCUT2D eigenvalue weighted by Crippen LogP contribution is -2.15. The minimum Gasteiger partial charge on any atom is -0.478 e. The summed E-state index contributed by atoms with van der Waals surface area (Å²) < 4.78 is 0.644. The molecule has 92 valence electrons. The maximum atomic E-state index is 11.2.